The van der Waals surface area contributed by atoms with E-state index in [9.17, 15) is 4.79 Å². The minimum absolute atomic E-state index is 0.233. The first-order valence-electron chi connectivity index (χ1n) is 7.14. The van der Waals surface area contributed by atoms with E-state index in [1.54, 1.807) is 42.7 Å². The summed E-state index contributed by atoms with van der Waals surface area (Å²) in [5, 5.41) is 14.6. The highest BCUT2D eigenvalue weighted by atomic mass is 16.3. The molecule has 7 nitrogen and oxygen atoms in total. The van der Waals surface area contributed by atoms with Gasteiger partial charge < -0.3 is 15.1 Å². The van der Waals surface area contributed by atoms with Crippen molar-refractivity contribution in [3.05, 3.63) is 72.1 Å². The molecule has 24 heavy (non-hydrogen) atoms. The van der Waals surface area contributed by atoms with Crippen LogP contribution in [0.1, 0.15) is 21.8 Å². The van der Waals surface area contributed by atoms with Crippen LogP contribution in [0.25, 0.3) is 0 Å². The smallest absolute Gasteiger partial charge is 0.274 e. The summed E-state index contributed by atoms with van der Waals surface area (Å²) in [6, 6.07) is 13.8. The first-order chi connectivity index (χ1) is 11.7. The number of carbonyl (C=O) groups excluding carboxylic acids is 1. The Balaban J connectivity index is 1.66. The third-order valence-electron chi connectivity index (χ3n) is 3.20. The lowest BCUT2D eigenvalue weighted by Gasteiger charge is -2.07. The molecule has 7 heteroatoms. The summed E-state index contributed by atoms with van der Waals surface area (Å²) in [4.78, 5) is 20.3. The van der Waals surface area contributed by atoms with Crippen LogP contribution in [0.3, 0.4) is 0 Å². The summed E-state index contributed by atoms with van der Waals surface area (Å²) in [6.45, 7) is 0.459. The minimum atomic E-state index is -0.358. The maximum absolute atomic E-state index is 12.2. The van der Waals surface area contributed by atoms with Gasteiger partial charge in [0.05, 0.1) is 24.4 Å². The first kappa shape index (κ1) is 15.2. The molecule has 118 valence electrons. The number of benzene rings is 1. The van der Waals surface area contributed by atoms with Crippen LogP contribution < -0.4 is 10.6 Å². The van der Waals surface area contributed by atoms with Crippen molar-refractivity contribution in [1.82, 2.24) is 9.97 Å². The monoisotopic (exact) mass is 319 g/mol. The second-order valence-corrected chi connectivity index (χ2v) is 4.86. The number of aromatic nitrogens is 2. The van der Waals surface area contributed by atoms with E-state index in [1.165, 1.54) is 6.33 Å². The molecule has 0 fully saturated rings. The first-order valence-corrected chi connectivity index (χ1v) is 7.14. The molecule has 0 spiro atoms. The van der Waals surface area contributed by atoms with Crippen LogP contribution >= 0.6 is 0 Å². The molecule has 2 aromatic heterocycles. The maximum Gasteiger partial charge on any atom is 0.274 e. The number of furan rings is 1. The van der Waals surface area contributed by atoms with Crippen LogP contribution in [0.4, 0.5) is 11.5 Å². The lowest BCUT2D eigenvalue weighted by Crippen LogP contribution is -2.14. The van der Waals surface area contributed by atoms with Gasteiger partial charge in [-0.15, -0.1) is 0 Å². The molecular weight excluding hydrogens is 306 g/mol. The molecule has 2 N–H and O–H groups in total. The van der Waals surface area contributed by atoms with Gasteiger partial charge in [-0.3, -0.25) is 4.79 Å². The van der Waals surface area contributed by atoms with Gasteiger partial charge >= 0.3 is 0 Å². The zero-order valence-electron chi connectivity index (χ0n) is 12.6. The Morgan fingerprint density at radius 2 is 2.04 bits per heavy atom. The fourth-order valence-electron chi connectivity index (χ4n) is 1.99. The van der Waals surface area contributed by atoms with Gasteiger partial charge in [0, 0.05) is 11.8 Å². The molecule has 1 aromatic carbocycles. The number of rotatable bonds is 5. The highest BCUT2D eigenvalue weighted by Gasteiger charge is 2.09. The van der Waals surface area contributed by atoms with Crippen molar-refractivity contribution >= 4 is 17.4 Å². The predicted molar refractivity (Wildman–Crippen MR) is 87.2 cm³/mol. The Morgan fingerprint density at radius 3 is 2.75 bits per heavy atom. The molecule has 0 radical (unpaired) electrons. The SMILES string of the molecule is N#Cc1ccc(NC(=O)c2cc(NCc3ccco3)ncn2)cc1. The Hall–Kier alpha value is -3.66. The van der Waals surface area contributed by atoms with E-state index in [2.05, 4.69) is 20.6 Å². The third kappa shape index (κ3) is 3.75. The highest BCUT2D eigenvalue weighted by Crippen LogP contribution is 2.12. The zero-order valence-corrected chi connectivity index (χ0v) is 12.6. The molecule has 0 saturated heterocycles. The van der Waals surface area contributed by atoms with E-state index in [0.29, 0.717) is 23.6 Å². The number of nitrogens with zero attached hydrogens (tertiary/aromatic N) is 3. The Bertz CT molecular complexity index is 867. The summed E-state index contributed by atoms with van der Waals surface area (Å²) in [7, 11) is 0. The number of anilines is 2. The summed E-state index contributed by atoms with van der Waals surface area (Å²) < 4.78 is 5.22. The Kier molecular flexibility index (Phi) is 4.49. The largest absolute Gasteiger partial charge is 0.467 e. The summed E-state index contributed by atoms with van der Waals surface area (Å²) in [5.74, 6) is 0.923. The van der Waals surface area contributed by atoms with Gasteiger partial charge in [0.2, 0.25) is 0 Å². The van der Waals surface area contributed by atoms with E-state index in [4.69, 9.17) is 9.68 Å². The number of amides is 1. The number of nitriles is 1. The lowest BCUT2D eigenvalue weighted by molar-refractivity contribution is 0.102. The molecule has 0 aliphatic heterocycles. The van der Waals surface area contributed by atoms with E-state index < -0.39 is 0 Å². The normalized spacial score (nSPS) is 9.96. The van der Waals surface area contributed by atoms with E-state index >= 15 is 0 Å². The molecule has 0 unspecified atom stereocenters. The lowest BCUT2D eigenvalue weighted by atomic mass is 10.2. The molecule has 1 amide bonds. The van der Waals surface area contributed by atoms with Crippen molar-refractivity contribution in [3.8, 4) is 6.07 Å². The number of hydrogen-bond acceptors (Lipinski definition) is 6. The summed E-state index contributed by atoms with van der Waals surface area (Å²) in [5.41, 5.74) is 1.35. The second kappa shape index (κ2) is 7.07. The molecular formula is C17H13N5O2. The van der Waals surface area contributed by atoms with Crippen LogP contribution in [-0.2, 0) is 6.54 Å². The van der Waals surface area contributed by atoms with Gasteiger partial charge in [-0.2, -0.15) is 5.26 Å². The van der Waals surface area contributed by atoms with Gasteiger partial charge in [0.15, 0.2) is 0 Å². The molecule has 0 atom stereocenters. The van der Waals surface area contributed by atoms with Crippen LogP contribution in [0, 0.1) is 11.3 Å². The Morgan fingerprint density at radius 1 is 1.21 bits per heavy atom. The van der Waals surface area contributed by atoms with Gasteiger partial charge in [-0.05, 0) is 36.4 Å². The third-order valence-corrected chi connectivity index (χ3v) is 3.20. The number of nitrogens with one attached hydrogen (secondary N) is 2. The zero-order chi connectivity index (χ0) is 16.8. The van der Waals surface area contributed by atoms with Gasteiger partial charge in [-0.25, -0.2) is 9.97 Å². The number of hydrogen-bond donors (Lipinski definition) is 2. The van der Waals surface area contributed by atoms with Crippen LogP contribution in [0.15, 0.2) is 59.5 Å². The Labute approximate surface area is 138 Å². The van der Waals surface area contributed by atoms with E-state index in [0.717, 1.165) is 5.76 Å². The molecule has 0 saturated carbocycles. The van der Waals surface area contributed by atoms with Crippen LogP contribution in [0.2, 0.25) is 0 Å². The molecule has 0 aliphatic carbocycles. The molecule has 0 aliphatic rings. The van der Waals surface area contributed by atoms with Crippen LogP contribution in [-0.4, -0.2) is 15.9 Å². The van der Waals surface area contributed by atoms with Gasteiger partial charge in [-0.1, -0.05) is 0 Å². The van der Waals surface area contributed by atoms with E-state index in [-0.39, 0.29) is 11.6 Å². The predicted octanol–water partition coefficient (Wildman–Crippen LogP) is 2.81. The standard InChI is InChI=1S/C17H13N5O2/c18-9-12-3-5-13(6-4-12)22-17(23)15-8-16(21-11-20-15)19-10-14-2-1-7-24-14/h1-8,11H,10H2,(H,22,23)(H,19,20,21). The van der Waals surface area contributed by atoms with Crippen molar-refractivity contribution in [2.45, 2.75) is 6.54 Å². The summed E-state index contributed by atoms with van der Waals surface area (Å²) >= 11 is 0. The second-order valence-electron chi connectivity index (χ2n) is 4.86. The molecule has 0 bridgehead atoms. The van der Waals surface area contributed by atoms with Crippen molar-refractivity contribution in [2.24, 2.45) is 0 Å². The van der Waals surface area contributed by atoms with Gasteiger partial charge in [0.25, 0.3) is 5.91 Å². The van der Waals surface area contributed by atoms with E-state index in [1.807, 2.05) is 12.1 Å². The average molecular weight is 319 g/mol. The fourth-order valence-corrected chi connectivity index (χ4v) is 1.99. The number of carbonyl (C=O) groups is 1. The molecule has 3 aromatic rings. The molecule has 2 heterocycles. The minimum Gasteiger partial charge on any atom is -0.467 e. The van der Waals surface area contributed by atoms with Gasteiger partial charge in [0.1, 0.15) is 23.6 Å². The molecule has 3 rings (SSSR count). The van der Waals surface area contributed by atoms with Crippen molar-refractivity contribution in [3.63, 3.8) is 0 Å². The topological polar surface area (TPSA) is 104 Å². The summed E-state index contributed by atoms with van der Waals surface area (Å²) in [6.07, 6.45) is 2.91. The maximum atomic E-state index is 12.2. The van der Waals surface area contributed by atoms with Crippen LogP contribution in [0.5, 0.6) is 0 Å². The van der Waals surface area contributed by atoms with Crippen molar-refractivity contribution < 1.29 is 9.21 Å². The van der Waals surface area contributed by atoms with Crippen molar-refractivity contribution in [1.29, 1.82) is 5.26 Å². The highest BCUT2D eigenvalue weighted by molar-refractivity contribution is 6.03. The fraction of sp³-hybridized carbons (Fsp3) is 0.0588. The average Bonchev–Trinajstić information content (AvgIpc) is 3.14. The quantitative estimate of drug-likeness (QED) is 0.749. The van der Waals surface area contributed by atoms with Crippen molar-refractivity contribution in [2.75, 3.05) is 10.6 Å².